The van der Waals surface area contributed by atoms with Crippen molar-refractivity contribution in [2.45, 2.75) is 34.6 Å². The van der Waals surface area contributed by atoms with Crippen LogP contribution in [0, 0.1) is 11.8 Å². The molecule has 0 bridgehead atoms. The van der Waals surface area contributed by atoms with Crippen molar-refractivity contribution in [3.8, 4) is 0 Å². The first-order chi connectivity index (χ1) is 5.56. The van der Waals surface area contributed by atoms with Gasteiger partial charge < -0.3 is 4.90 Å². The lowest BCUT2D eigenvalue weighted by Gasteiger charge is -2.24. The van der Waals surface area contributed by atoms with Crippen molar-refractivity contribution < 1.29 is 0 Å². The Labute approximate surface area is 77.5 Å². The van der Waals surface area contributed by atoms with E-state index in [0.29, 0.717) is 0 Å². The van der Waals surface area contributed by atoms with Gasteiger partial charge >= 0.3 is 0 Å². The van der Waals surface area contributed by atoms with Crippen molar-refractivity contribution in [2.24, 2.45) is 11.8 Å². The van der Waals surface area contributed by atoms with Crippen LogP contribution in [0.25, 0.3) is 0 Å². The van der Waals surface area contributed by atoms with Gasteiger partial charge in [-0.15, -0.1) is 0 Å². The summed E-state index contributed by atoms with van der Waals surface area (Å²) in [4.78, 5) is 2.40. The van der Waals surface area contributed by atoms with Crippen molar-refractivity contribution >= 4 is 0 Å². The zero-order valence-corrected chi connectivity index (χ0v) is 9.17. The molecule has 1 heteroatoms. The van der Waals surface area contributed by atoms with Gasteiger partial charge in [0, 0.05) is 13.1 Å². The molecule has 72 valence electrons. The number of hydrogen-bond acceptors (Lipinski definition) is 1. The van der Waals surface area contributed by atoms with Gasteiger partial charge in [0.15, 0.2) is 0 Å². The molecule has 0 amide bonds. The SMILES string of the molecule is C/C=C\N(CC(C)C)CC(C)C. The molecule has 0 unspecified atom stereocenters. The summed E-state index contributed by atoms with van der Waals surface area (Å²) in [5, 5.41) is 0. The van der Waals surface area contributed by atoms with E-state index in [1.807, 2.05) is 0 Å². The fourth-order valence-corrected chi connectivity index (χ4v) is 1.35. The first kappa shape index (κ1) is 11.5. The van der Waals surface area contributed by atoms with Crippen LogP contribution < -0.4 is 0 Å². The maximum absolute atomic E-state index is 2.40. The Hall–Kier alpha value is -0.460. The van der Waals surface area contributed by atoms with Gasteiger partial charge in [0.25, 0.3) is 0 Å². The first-order valence-corrected chi connectivity index (χ1v) is 4.93. The maximum atomic E-state index is 2.40. The van der Waals surface area contributed by atoms with E-state index in [1.54, 1.807) is 0 Å². The summed E-state index contributed by atoms with van der Waals surface area (Å²) < 4.78 is 0. The molecule has 0 atom stereocenters. The smallest absolute Gasteiger partial charge is 0.0195 e. The molecule has 0 spiro atoms. The first-order valence-electron chi connectivity index (χ1n) is 4.93. The fourth-order valence-electron chi connectivity index (χ4n) is 1.35. The second kappa shape index (κ2) is 6.10. The number of hydrogen-bond donors (Lipinski definition) is 0. The van der Waals surface area contributed by atoms with Crippen LogP contribution in [0.3, 0.4) is 0 Å². The van der Waals surface area contributed by atoms with E-state index in [9.17, 15) is 0 Å². The van der Waals surface area contributed by atoms with Gasteiger partial charge in [-0.2, -0.15) is 0 Å². The molecule has 0 saturated carbocycles. The molecule has 12 heavy (non-hydrogen) atoms. The summed E-state index contributed by atoms with van der Waals surface area (Å²) >= 11 is 0. The van der Waals surface area contributed by atoms with E-state index < -0.39 is 0 Å². The highest BCUT2D eigenvalue weighted by Gasteiger charge is 2.03. The van der Waals surface area contributed by atoms with Crippen LogP contribution in [0.5, 0.6) is 0 Å². The Balaban J connectivity index is 3.86. The van der Waals surface area contributed by atoms with Crippen LogP contribution >= 0.6 is 0 Å². The molecule has 0 saturated heterocycles. The Morgan fingerprint density at radius 1 is 1.00 bits per heavy atom. The highest BCUT2D eigenvalue weighted by molar-refractivity contribution is 4.79. The molecule has 0 aromatic carbocycles. The summed E-state index contributed by atoms with van der Waals surface area (Å²) in [6.07, 6.45) is 4.31. The van der Waals surface area contributed by atoms with Crippen LogP contribution in [0.2, 0.25) is 0 Å². The van der Waals surface area contributed by atoms with Crippen LogP contribution in [-0.2, 0) is 0 Å². The quantitative estimate of drug-likeness (QED) is 0.611. The van der Waals surface area contributed by atoms with Gasteiger partial charge in [0.05, 0.1) is 0 Å². The average Bonchev–Trinajstić information content (AvgIpc) is 1.84. The monoisotopic (exact) mass is 169 g/mol. The van der Waals surface area contributed by atoms with Gasteiger partial charge in [-0.05, 0) is 25.0 Å². The molecule has 1 nitrogen and oxygen atoms in total. The topological polar surface area (TPSA) is 3.24 Å². The van der Waals surface area contributed by atoms with E-state index in [2.05, 4.69) is 51.8 Å². The molecule has 0 radical (unpaired) electrons. The lowest BCUT2D eigenvalue weighted by molar-refractivity contribution is 0.296. The molecule has 0 aliphatic heterocycles. The van der Waals surface area contributed by atoms with Gasteiger partial charge in [0.2, 0.25) is 0 Å². The van der Waals surface area contributed by atoms with Crippen LogP contribution in [0.1, 0.15) is 34.6 Å². The highest BCUT2D eigenvalue weighted by atomic mass is 15.1. The van der Waals surface area contributed by atoms with Crippen molar-refractivity contribution in [1.82, 2.24) is 4.90 Å². The molecule has 0 aliphatic carbocycles. The lowest BCUT2D eigenvalue weighted by atomic mass is 10.1. The molecule has 0 rings (SSSR count). The molecule has 0 heterocycles. The summed E-state index contributed by atoms with van der Waals surface area (Å²) in [5.74, 6) is 1.50. The van der Waals surface area contributed by atoms with Crippen LogP contribution in [0.4, 0.5) is 0 Å². The largest absolute Gasteiger partial charge is 0.377 e. The third-order valence-electron chi connectivity index (χ3n) is 1.56. The van der Waals surface area contributed by atoms with Gasteiger partial charge in [0.1, 0.15) is 0 Å². The Kier molecular flexibility index (Phi) is 5.87. The van der Waals surface area contributed by atoms with E-state index >= 15 is 0 Å². The average molecular weight is 169 g/mol. The predicted molar refractivity (Wildman–Crippen MR) is 56.1 cm³/mol. The van der Waals surface area contributed by atoms with E-state index in [-0.39, 0.29) is 0 Å². The molecule has 0 fully saturated rings. The van der Waals surface area contributed by atoms with Crippen molar-refractivity contribution in [3.63, 3.8) is 0 Å². The second-order valence-corrected chi connectivity index (χ2v) is 4.22. The summed E-state index contributed by atoms with van der Waals surface area (Å²) in [7, 11) is 0. The lowest BCUT2D eigenvalue weighted by Crippen LogP contribution is -2.26. The number of rotatable bonds is 5. The third-order valence-corrected chi connectivity index (χ3v) is 1.56. The molecule has 0 aromatic heterocycles. The molecular formula is C11H23N. The third kappa shape index (κ3) is 6.26. The number of allylic oxidation sites excluding steroid dienone is 1. The summed E-state index contributed by atoms with van der Waals surface area (Å²) in [6.45, 7) is 13.5. The van der Waals surface area contributed by atoms with Crippen molar-refractivity contribution in [2.75, 3.05) is 13.1 Å². The molecular weight excluding hydrogens is 146 g/mol. The van der Waals surface area contributed by atoms with Gasteiger partial charge in [-0.3, -0.25) is 0 Å². The zero-order chi connectivity index (χ0) is 9.56. The molecule has 0 aliphatic rings. The van der Waals surface area contributed by atoms with E-state index in [0.717, 1.165) is 11.8 Å². The second-order valence-electron chi connectivity index (χ2n) is 4.22. The maximum Gasteiger partial charge on any atom is 0.0195 e. The summed E-state index contributed by atoms with van der Waals surface area (Å²) in [5.41, 5.74) is 0. The molecule has 0 N–H and O–H groups in total. The highest BCUT2D eigenvalue weighted by Crippen LogP contribution is 2.03. The Bertz CT molecular complexity index is 115. The van der Waals surface area contributed by atoms with E-state index in [1.165, 1.54) is 13.1 Å². The Morgan fingerprint density at radius 3 is 1.67 bits per heavy atom. The van der Waals surface area contributed by atoms with Crippen molar-refractivity contribution in [3.05, 3.63) is 12.3 Å². The van der Waals surface area contributed by atoms with Crippen LogP contribution in [-0.4, -0.2) is 18.0 Å². The minimum atomic E-state index is 0.750. The van der Waals surface area contributed by atoms with Gasteiger partial charge in [-0.1, -0.05) is 33.8 Å². The molecule has 0 aromatic rings. The van der Waals surface area contributed by atoms with E-state index in [4.69, 9.17) is 0 Å². The van der Waals surface area contributed by atoms with Crippen LogP contribution in [0.15, 0.2) is 12.3 Å². The minimum Gasteiger partial charge on any atom is -0.377 e. The predicted octanol–water partition coefficient (Wildman–Crippen LogP) is 3.13. The fraction of sp³-hybridized carbons (Fsp3) is 0.818. The van der Waals surface area contributed by atoms with Gasteiger partial charge in [-0.25, -0.2) is 0 Å². The standard InChI is InChI=1S/C11H23N/c1-6-7-12(8-10(2)3)9-11(4)5/h6-7,10-11H,8-9H2,1-5H3/b7-6-. The zero-order valence-electron chi connectivity index (χ0n) is 9.17. The normalized spacial score (nSPS) is 11.9. The number of nitrogens with zero attached hydrogens (tertiary/aromatic N) is 1. The summed E-state index contributed by atoms with van der Waals surface area (Å²) in [6, 6.07) is 0. The Morgan fingerprint density at radius 2 is 1.42 bits per heavy atom. The minimum absolute atomic E-state index is 0.750. The van der Waals surface area contributed by atoms with Crippen molar-refractivity contribution in [1.29, 1.82) is 0 Å².